The van der Waals surface area contributed by atoms with E-state index in [2.05, 4.69) is 9.97 Å². The Kier molecular flexibility index (Phi) is 19.0. The van der Waals surface area contributed by atoms with Crippen LogP contribution in [0.2, 0.25) is 0 Å². The van der Waals surface area contributed by atoms with Gasteiger partial charge in [-0.2, -0.15) is 0 Å². The summed E-state index contributed by atoms with van der Waals surface area (Å²) >= 11 is 0. The van der Waals surface area contributed by atoms with Gasteiger partial charge in [0.05, 0.1) is 11.4 Å². The van der Waals surface area contributed by atoms with Crippen LogP contribution in [0.4, 0.5) is 0 Å². The molecular formula is C12H16Cl2CuN4. The first-order chi connectivity index (χ1) is 7.88. The van der Waals surface area contributed by atoms with Crippen molar-refractivity contribution in [3.63, 3.8) is 0 Å². The number of pyridine rings is 2. The van der Waals surface area contributed by atoms with Gasteiger partial charge in [0.15, 0.2) is 0 Å². The third-order valence-corrected chi connectivity index (χ3v) is 1.76. The molecule has 0 atom stereocenters. The molecular weight excluding hydrogens is 335 g/mol. The van der Waals surface area contributed by atoms with Gasteiger partial charge in [0.1, 0.15) is 0 Å². The van der Waals surface area contributed by atoms with Crippen molar-refractivity contribution in [1.82, 2.24) is 9.97 Å². The topological polar surface area (TPSA) is 77.8 Å². The number of nitrogens with zero attached hydrogens (tertiary/aromatic N) is 2. The quantitative estimate of drug-likeness (QED) is 0.532. The fourth-order valence-electron chi connectivity index (χ4n) is 1.03. The molecule has 0 aliphatic rings. The van der Waals surface area contributed by atoms with E-state index in [1.165, 1.54) is 0 Å². The smallest absolute Gasteiger partial charge is 1.00 e. The molecule has 2 aromatic rings. The molecule has 4 N–H and O–H groups in total. The fourth-order valence-corrected chi connectivity index (χ4v) is 1.03. The number of nitrogens with two attached hydrogens (primary N) is 2. The van der Waals surface area contributed by atoms with Crippen molar-refractivity contribution in [2.45, 2.75) is 0 Å². The van der Waals surface area contributed by atoms with Crippen molar-refractivity contribution < 1.29 is 41.9 Å². The predicted molar refractivity (Wildman–Crippen MR) is 65.6 cm³/mol. The summed E-state index contributed by atoms with van der Waals surface area (Å²) in [4.78, 5) is 8.37. The Morgan fingerprint density at radius 1 is 0.737 bits per heavy atom. The maximum absolute atomic E-state index is 4.90. The first-order valence-electron chi connectivity index (χ1n) is 5.11. The van der Waals surface area contributed by atoms with Crippen LogP contribution < -0.4 is 36.3 Å². The molecule has 0 aliphatic carbocycles. The molecule has 0 unspecified atom stereocenters. The Balaban J connectivity index is -0.000000329. The van der Waals surface area contributed by atoms with E-state index in [4.69, 9.17) is 11.5 Å². The van der Waals surface area contributed by atoms with Crippen molar-refractivity contribution >= 4 is 0 Å². The van der Waals surface area contributed by atoms with Gasteiger partial charge in [0.25, 0.3) is 0 Å². The van der Waals surface area contributed by atoms with E-state index in [1.54, 1.807) is 12.4 Å². The average Bonchev–Trinajstić information content (AvgIpc) is 2.41. The van der Waals surface area contributed by atoms with E-state index in [0.717, 1.165) is 11.4 Å². The normalized spacial score (nSPS) is 7.68. The van der Waals surface area contributed by atoms with Gasteiger partial charge < -0.3 is 36.3 Å². The molecule has 2 aromatic heterocycles. The zero-order valence-corrected chi connectivity index (χ0v) is 12.6. The second-order valence-corrected chi connectivity index (χ2v) is 3.01. The first kappa shape index (κ1) is 23.4. The van der Waals surface area contributed by atoms with Gasteiger partial charge in [-0.25, -0.2) is 0 Å². The van der Waals surface area contributed by atoms with Crippen LogP contribution in [0.3, 0.4) is 0 Å². The van der Waals surface area contributed by atoms with Gasteiger partial charge >= 0.3 is 17.1 Å². The van der Waals surface area contributed by atoms with Crippen LogP contribution in [0.5, 0.6) is 0 Å². The monoisotopic (exact) mass is 349 g/mol. The molecule has 0 spiro atoms. The number of hydrogen-bond acceptors (Lipinski definition) is 4. The molecule has 7 heteroatoms. The first-order valence-corrected chi connectivity index (χ1v) is 5.11. The Morgan fingerprint density at radius 2 is 1.11 bits per heavy atom. The van der Waals surface area contributed by atoms with Gasteiger partial charge in [0, 0.05) is 25.5 Å². The Morgan fingerprint density at radius 3 is 1.32 bits per heavy atom. The molecule has 2 heterocycles. The molecule has 109 valence electrons. The largest absolute Gasteiger partial charge is 2.00 e. The molecule has 0 saturated carbocycles. The summed E-state index contributed by atoms with van der Waals surface area (Å²) < 4.78 is 0. The van der Waals surface area contributed by atoms with Gasteiger partial charge in [0.2, 0.25) is 0 Å². The molecule has 4 nitrogen and oxygen atoms in total. The molecule has 0 amide bonds. The Labute approximate surface area is 136 Å². The van der Waals surface area contributed by atoms with E-state index in [0.29, 0.717) is 13.1 Å². The number of aromatic nitrogens is 2. The number of rotatable bonds is 2. The van der Waals surface area contributed by atoms with Crippen molar-refractivity contribution in [3.8, 4) is 11.4 Å². The maximum atomic E-state index is 4.90. The zero-order valence-electron chi connectivity index (χ0n) is 10.1. The second kappa shape index (κ2) is 15.4. The summed E-state index contributed by atoms with van der Waals surface area (Å²) in [5, 5.41) is 0. The van der Waals surface area contributed by atoms with Gasteiger partial charge in [-0.1, -0.05) is 12.1 Å². The third-order valence-electron chi connectivity index (χ3n) is 1.76. The SMILES string of the molecule is NCCN.[Cl-].[Cl-].[Cu+2].c1ccc(-c2ccccn2)nc1. The molecule has 0 bridgehead atoms. The molecule has 0 aliphatic heterocycles. The third kappa shape index (κ3) is 9.84. The van der Waals surface area contributed by atoms with E-state index in [-0.39, 0.29) is 41.9 Å². The van der Waals surface area contributed by atoms with Crippen LogP contribution in [-0.2, 0) is 17.1 Å². The molecule has 2 rings (SSSR count). The molecule has 0 fully saturated rings. The van der Waals surface area contributed by atoms with Crippen molar-refractivity contribution in [1.29, 1.82) is 0 Å². The van der Waals surface area contributed by atoms with Crippen LogP contribution in [0.1, 0.15) is 0 Å². The molecule has 0 saturated heterocycles. The van der Waals surface area contributed by atoms with Crippen LogP contribution >= 0.6 is 0 Å². The molecule has 0 aromatic carbocycles. The second-order valence-electron chi connectivity index (χ2n) is 3.01. The summed E-state index contributed by atoms with van der Waals surface area (Å²) in [6.07, 6.45) is 3.54. The average molecular weight is 351 g/mol. The summed E-state index contributed by atoms with van der Waals surface area (Å²) in [5.41, 5.74) is 11.6. The minimum absolute atomic E-state index is 0. The Bertz CT molecular complexity index is 350. The minimum atomic E-state index is 0. The van der Waals surface area contributed by atoms with Crippen LogP contribution in [0, 0.1) is 0 Å². The summed E-state index contributed by atoms with van der Waals surface area (Å²) in [7, 11) is 0. The van der Waals surface area contributed by atoms with Crippen LogP contribution in [-0.4, -0.2) is 23.1 Å². The fraction of sp³-hybridized carbons (Fsp3) is 0.167. The summed E-state index contributed by atoms with van der Waals surface area (Å²) in [5.74, 6) is 0. The molecule has 1 radical (unpaired) electrons. The van der Waals surface area contributed by atoms with Crippen molar-refractivity contribution in [2.24, 2.45) is 11.5 Å². The van der Waals surface area contributed by atoms with E-state index < -0.39 is 0 Å². The number of halogens is 2. The Hall–Kier alpha value is -0.681. The maximum Gasteiger partial charge on any atom is 2.00 e. The molecule has 19 heavy (non-hydrogen) atoms. The van der Waals surface area contributed by atoms with E-state index >= 15 is 0 Å². The van der Waals surface area contributed by atoms with Crippen LogP contribution in [0.15, 0.2) is 48.8 Å². The van der Waals surface area contributed by atoms with Crippen molar-refractivity contribution in [3.05, 3.63) is 48.8 Å². The summed E-state index contributed by atoms with van der Waals surface area (Å²) in [6, 6.07) is 11.6. The van der Waals surface area contributed by atoms with E-state index in [1.807, 2.05) is 36.4 Å². The van der Waals surface area contributed by atoms with Gasteiger partial charge in [-0.3, -0.25) is 9.97 Å². The van der Waals surface area contributed by atoms with Crippen LogP contribution in [0.25, 0.3) is 11.4 Å². The van der Waals surface area contributed by atoms with Gasteiger partial charge in [-0.05, 0) is 24.3 Å². The predicted octanol–water partition coefficient (Wildman–Crippen LogP) is -4.95. The number of hydrogen-bond donors (Lipinski definition) is 2. The van der Waals surface area contributed by atoms with E-state index in [9.17, 15) is 0 Å². The standard InChI is InChI=1S/C10H8N2.C2H8N2.2ClH.Cu/c1-3-7-11-9(5-1)10-6-2-4-8-12-10;3-1-2-4;;;/h1-8H;1-4H2;2*1H;/q;;;;+2/p-2. The zero-order chi connectivity index (χ0) is 11.6. The van der Waals surface area contributed by atoms with Gasteiger partial charge in [-0.15, -0.1) is 0 Å². The summed E-state index contributed by atoms with van der Waals surface area (Å²) in [6.45, 7) is 1.19. The van der Waals surface area contributed by atoms with Crippen molar-refractivity contribution in [2.75, 3.05) is 13.1 Å². The minimum Gasteiger partial charge on any atom is -1.00 e.